The molecule has 0 saturated carbocycles. The number of carboxylic acids is 1. The molecule has 122 valence electrons. The standard InChI is InChI=1S/C15H18F3NO3/c1-2-8-19(9-4-7-15(16,17)18)13(20)11-5-3-6-12(10-11)14(21)22/h3,5-6,10H,2,4,7-9H2,1H3,(H,21,22). The van der Waals surface area contributed by atoms with E-state index < -0.39 is 24.5 Å². The highest BCUT2D eigenvalue weighted by molar-refractivity contribution is 5.97. The maximum atomic E-state index is 12.3. The molecule has 0 aromatic heterocycles. The Kier molecular flexibility index (Phi) is 6.39. The van der Waals surface area contributed by atoms with E-state index in [1.54, 1.807) is 0 Å². The van der Waals surface area contributed by atoms with Crippen molar-refractivity contribution in [3.05, 3.63) is 35.4 Å². The molecule has 1 rings (SSSR count). The molecule has 7 heteroatoms. The van der Waals surface area contributed by atoms with Crippen LogP contribution >= 0.6 is 0 Å². The summed E-state index contributed by atoms with van der Waals surface area (Å²) < 4.78 is 36.6. The average Bonchev–Trinajstić information content (AvgIpc) is 2.44. The summed E-state index contributed by atoms with van der Waals surface area (Å²) in [4.78, 5) is 24.5. The maximum Gasteiger partial charge on any atom is 0.389 e. The molecular weight excluding hydrogens is 299 g/mol. The molecular formula is C15H18F3NO3. The normalized spacial score (nSPS) is 11.3. The van der Waals surface area contributed by atoms with Crippen LogP contribution in [0.4, 0.5) is 13.2 Å². The minimum Gasteiger partial charge on any atom is -0.478 e. The third kappa shape index (κ3) is 5.75. The first-order valence-electron chi connectivity index (χ1n) is 6.94. The Morgan fingerprint density at radius 3 is 2.36 bits per heavy atom. The van der Waals surface area contributed by atoms with Crippen LogP contribution in [-0.4, -0.2) is 41.1 Å². The van der Waals surface area contributed by atoms with E-state index in [1.165, 1.54) is 29.2 Å². The van der Waals surface area contributed by atoms with E-state index >= 15 is 0 Å². The quantitative estimate of drug-likeness (QED) is 0.836. The summed E-state index contributed by atoms with van der Waals surface area (Å²) >= 11 is 0. The predicted molar refractivity (Wildman–Crippen MR) is 74.9 cm³/mol. The summed E-state index contributed by atoms with van der Waals surface area (Å²) in [5.74, 6) is -1.61. The van der Waals surface area contributed by atoms with Crippen molar-refractivity contribution < 1.29 is 27.9 Å². The van der Waals surface area contributed by atoms with Crippen LogP contribution in [0.3, 0.4) is 0 Å². The smallest absolute Gasteiger partial charge is 0.389 e. The first kappa shape index (κ1) is 18.0. The van der Waals surface area contributed by atoms with E-state index in [2.05, 4.69) is 0 Å². The van der Waals surface area contributed by atoms with Gasteiger partial charge in [-0.1, -0.05) is 13.0 Å². The Labute approximate surface area is 126 Å². The number of carboxylic acid groups (broad SMARTS) is 1. The summed E-state index contributed by atoms with van der Waals surface area (Å²) in [5, 5.41) is 8.91. The molecule has 1 aromatic carbocycles. The zero-order valence-corrected chi connectivity index (χ0v) is 12.2. The van der Waals surface area contributed by atoms with Crippen molar-refractivity contribution in [1.82, 2.24) is 4.90 Å². The Bertz CT molecular complexity index is 529. The summed E-state index contributed by atoms with van der Waals surface area (Å²) in [6, 6.07) is 5.49. The number of benzene rings is 1. The molecule has 0 radical (unpaired) electrons. The van der Waals surface area contributed by atoms with Crippen molar-refractivity contribution in [3.8, 4) is 0 Å². The molecule has 0 aliphatic carbocycles. The molecule has 0 heterocycles. The topological polar surface area (TPSA) is 57.6 Å². The number of alkyl halides is 3. The van der Waals surface area contributed by atoms with Crippen LogP contribution in [0, 0.1) is 0 Å². The van der Waals surface area contributed by atoms with E-state index in [-0.39, 0.29) is 24.1 Å². The second kappa shape index (κ2) is 7.82. The lowest BCUT2D eigenvalue weighted by molar-refractivity contribution is -0.135. The molecule has 0 unspecified atom stereocenters. The highest BCUT2D eigenvalue weighted by Gasteiger charge is 2.27. The van der Waals surface area contributed by atoms with Gasteiger partial charge in [-0.15, -0.1) is 0 Å². The highest BCUT2D eigenvalue weighted by Crippen LogP contribution is 2.21. The van der Waals surface area contributed by atoms with Crippen LogP contribution in [0.2, 0.25) is 0 Å². The lowest BCUT2D eigenvalue weighted by Crippen LogP contribution is -2.33. The molecule has 0 aliphatic rings. The molecule has 1 aromatic rings. The van der Waals surface area contributed by atoms with E-state index in [9.17, 15) is 22.8 Å². The third-order valence-corrected chi connectivity index (χ3v) is 3.03. The van der Waals surface area contributed by atoms with Gasteiger partial charge in [0.25, 0.3) is 5.91 Å². The Morgan fingerprint density at radius 1 is 1.18 bits per heavy atom. The zero-order valence-electron chi connectivity index (χ0n) is 12.2. The molecule has 4 nitrogen and oxygen atoms in total. The molecule has 0 fully saturated rings. The van der Waals surface area contributed by atoms with Crippen LogP contribution in [-0.2, 0) is 0 Å². The van der Waals surface area contributed by atoms with Gasteiger partial charge in [0.15, 0.2) is 0 Å². The van der Waals surface area contributed by atoms with Crippen molar-refractivity contribution in [2.24, 2.45) is 0 Å². The van der Waals surface area contributed by atoms with Gasteiger partial charge in [0.2, 0.25) is 0 Å². The minimum atomic E-state index is -4.25. The van der Waals surface area contributed by atoms with Gasteiger partial charge in [-0.05, 0) is 31.0 Å². The van der Waals surface area contributed by atoms with Crippen LogP contribution < -0.4 is 0 Å². The fraction of sp³-hybridized carbons (Fsp3) is 0.467. The maximum absolute atomic E-state index is 12.3. The van der Waals surface area contributed by atoms with Gasteiger partial charge in [-0.25, -0.2) is 4.79 Å². The molecule has 0 aliphatic heterocycles. The SMILES string of the molecule is CCCN(CCCC(F)(F)F)C(=O)c1cccc(C(=O)O)c1. The van der Waals surface area contributed by atoms with Crippen LogP contribution in [0.25, 0.3) is 0 Å². The van der Waals surface area contributed by atoms with Crippen molar-refractivity contribution >= 4 is 11.9 Å². The van der Waals surface area contributed by atoms with E-state index in [0.717, 1.165) is 0 Å². The summed E-state index contributed by atoms with van der Waals surface area (Å²) in [7, 11) is 0. The lowest BCUT2D eigenvalue weighted by atomic mass is 10.1. The molecule has 0 bridgehead atoms. The molecule has 1 N–H and O–H groups in total. The van der Waals surface area contributed by atoms with Gasteiger partial charge in [0.05, 0.1) is 5.56 Å². The fourth-order valence-electron chi connectivity index (χ4n) is 2.02. The van der Waals surface area contributed by atoms with E-state index in [1.807, 2.05) is 6.92 Å². The van der Waals surface area contributed by atoms with Gasteiger partial charge in [0, 0.05) is 25.1 Å². The number of amides is 1. The van der Waals surface area contributed by atoms with Gasteiger partial charge < -0.3 is 10.0 Å². The first-order chi connectivity index (χ1) is 10.2. The second-order valence-electron chi connectivity index (χ2n) is 4.90. The third-order valence-electron chi connectivity index (χ3n) is 3.03. The number of hydrogen-bond acceptors (Lipinski definition) is 2. The Hall–Kier alpha value is -2.05. The van der Waals surface area contributed by atoms with Gasteiger partial charge in [-0.3, -0.25) is 4.79 Å². The monoisotopic (exact) mass is 317 g/mol. The molecule has 1 amide bonds. The van der Waals surface area contributed by atoms with Crippen LogP contribution in [0.5, 0.6) is 0 Å². The van der Waals surface area contributed by atoms with E-state index in [0.29, 0.717) is 13.0 Å². The second-order valence-corrected chi connectivity index (χ2v) is 4.90. The zero-order chi connectivity index (χ0) is 16.8. The van der Waals surface area contributed by atoms with E-state index in [4.69, 9.17) is 5.11 Å². The molecule has 0 spiro atoms. The number of carbonyl (C=O) groups is 2. The largest absolute Gasteiger partial charge is 0.478 e. The number of hydrogen-bond donors (Lipinski definition) is 1. The van der Waals surface area contributed by atoms with Gasteiger partial charge in [0.1, 0.15) is 0 Å². The van der Waals surface area contributed by atoms with Crippen LogP contribution in [0.1, 0.15) is 46.9 Å². The molecule has 0 atom stereocenters. The first-order valence-corrected chi connectivity index (χ1v) is 6.94. The molecule has 0 saturated heterocycles. The Morgan fingerprint density at radius 2 is 1.82 bits per heavy atom. The van der Waals surface area contributed by atoms with Crippen molar-refractivity contribution in [2.45, 2.75) is 32.4 Å². The van der Waals surface area contributed by atoms with Crippen molar-refractivity contribution in [1.29, 1.82) is 0 Å². The van der Waals surface area contributed by atoms with Crippen LogP contribution in [0.15, 0.2) is 24.3 Å². The lowest BCUT2D eigenvalue weighted by Gasteiger charge is -2.22. The summed E-state index contributed by atoms with van der Waals surface area (Å²) in [6.07, 6.45) is -4.76. The minimum absolute atomic E-state index is 0.0104. The fourth-order valence-corrected chi connectivity index (χ4v) is 2.02. The summed E-state index contributed by atoms with van der Waals surface area (Å²) in [6.45, 7) is 2.13. The predicted octanol–water partition coefficient (Wildman–Crippen LogP) is 3.58. The van der Waals surface area contributed by atoms with Gasteiger partial charge in [-0.2, -0.15) is 13.2 Å². The number of halogens is 3. The van der Waals surface area contributed by atoms with Crippen molar-refractivity contribution in [2.75, 3.05) is 13.1 Å². The summed E-state index contributed by atoms with van der Waals surface area (Å²) in [5.41, 5.74) is 0.137. The average molecular weight is 317 g/mol. The van der Waals surface area contributed by atoms with Gasteiger partial charge >= 0.3 is 12.1 Å². The number of nitrogens with zero attached hydrogens (tertiary/aromatic N) is 1. The number of aromatic carboxylic acids is 1. The number of rotatable bonds is 7. The van der Waals surface area contributed by atoms with Crippen molar-refractivity contribution in [3.63, 3.8) is 0 Å². The molecule has 22 heavy (non-hydrogen) atoms. The number of carbonyl (C=O) groups excluding carboxylic acids is 1. The Balaban J connectivity index is 2.80. The highest BCUT2D eigenvalue weighted by atomic mass is 19.4.